The summed E-state index contributed by atoms with van der Waals surface area (Å²) in [5, 5.41) is 22.2. The number of benzene rings is 1. The molecule has 19 heavy (non-hydrogen) atoms. The molecule has 0 atom stereocenters. The lowest BCUT2D eigenvalue weighted by atomic mass is 10.2. The van der Waals surface area contributed by atoms with Crippen molar-refractivity contribution in [1.82, 2.24) is 9.97 Å². The van der Waals surface area contributed by atoms with Crippen LogP contribution in [-0.4, -0.2) is 20.2 Å². The van der Waals surface area contributed by atoms with E-state index < -0.39 is 0 Å². The summed E-state index contributed by atoms with van der Waals surface area (Å²) in [7, 11) is 0. The van der Waals surface area contributed by atoms with E-state index in [1.165, 1.54) is 6.07 Å². The molecule has 0 spiro atoms. The molecule has 2 rings (SSSR count). The maximum absolute atomic E-state index is 9.70. The summed E-state index contributed by atoms with van der Waals surface area (Å²) < 4.78 is 0. The molecule has 0 aliphatic heterocycles. The van der Waals surface area contributed by atoms with Crippen molar-refractivity contribution >= 4 is 5.95 Å². The van der Waals surface area contributed by atoms with Crippen molar-refractivity contribution in [2.24, 2.45) is 0 Å². The summed E-state index contributed by atoms with van der Waals surface area (Å²) in [6.07, 6.45) is 0.843. The average Bonchev–Trinajstić information content (AvgIpc) is 2.40. The Morgan fingerprint density at radius 2 is 2.00 bits per heavy atom. The second kappa shape index (κ2) is 5.56. The topological polar surface area (TPSA) is 78.3 Å². The number of aryl methyl sites for hydroxylation is 2. The lowest BCUT2D eigenvalue weighted by Gasteiger charge is -2.09. The first-order valence-electron chi connectivity index (χ1n) is 6.18. The van der Waals surface area contributed by atoms with E-state index in [9.17, 15) is 10.2 Å². The predicted octanol–water partition coefficient (Wildman–Crippen LogP) is 2.37. The van der Waals surface area contributed by atoms with Crippen LogP contribution in [0.3, 0.4) is 0 Å². The van der Waals surface area contributed by atoms with Crippen LogP contribution in [0.2, 0.25) is 0 Å². The Labute approximate surface area is 112 Å². The first kappa shape index (κ1) is 13.1. The molecule has 0 aliphatic carbocycles. The summed E-state index contributed by atoms with van der Waals surface area (Å²) in [5.41, 5.74) is 2.47. The van der Waals surface area contributed by atoms with Crippen molar-refractivity contribution < 1.29 is 10.2 Å². The van der Waals surface area contributed by atoms with Gasteiger partial charge in [0.1, 0.15) is 0 Å². The van der Waals surface area contributed by atoms with Gasteiger partial charge in [-0.1, -0.05) is 19.1 Å². The van der Waals surface area contributed by atoms with E-state index >= 15 is 0 Å². The van der Waals surface area contributed by atoms with Gasteiger partial charge in [-0.15, -0.1) is 0 Å². The van der Waals surface area contributed by atoms with Crippen LogP contribution in [0, 0.1) is 6.92 Å². The van der Waals surface area contributed by atoms with E-state index in [0.29, 0.717) is 18.1 Å². The van der Waals surface area contributed by atoms with Crippen LogP contribution in [0.15, 0.2) is 24.3 Å². The van der Waals surface area contributed by atoms with Crippen LogP contribution in [0.1, 0.15) is 23.9 Å². The van der Waals surface area contributed by atoms with E-state index in [0.717, 1.165) is 17.8 Å². The molecule has 0 bridgehead atoms. The van der Waals surface area contributed by atoms with Gasteiger partial charge in [-0.2, -0.15) is 0 Å². The molecule has 0 saturated heterocycles. The highest BCUT2D eigenvalue weighted by molar-refractivity contribution is 5.45. The Morgan fingerprint density at radius 1 is 1.21 bits per heavy atom. The number of hydrogen-bond donors (Lipinski definition) is 3. The molecule has 0 radical (unpaired) electrons. The SMILES string of the molecule is CCc1cc(C)nc(NCc2cccc(O)c2O)n1. The quantitative estimate of drug-likeness (QED) is 0.735. The summed E-state index contributed by atoms with van der Waals surface area (Å²) in [5.74, 6) is 0.289. The molecule has 5 nitrogen and oxygen atoms in total. The van der Waals surface area contributed by atoms with Crippen molar-refractivity contribution in [2.45, 2.75) is 26.8 Å². The molecule has 0 amide bonds. The van der Waals surface area contributed by atoms with Gasteiger partial charge in [-0.25, -0.2) is 9.97 Å². The molecule has 1 aromatic heterocycles. The van der Waals surface area contributed by atoms with Gasteiger partial charge >= 0.3 is 0 Å². The third-order valence-corrected chi connectivity index (χ3v) is 2.80. The summed E-state index contributed by atoms with van der Waals surface area (Å²) in [6, 6.07) is 6.80. The zero-order valence-corrected chi connectivity index (χ0v) is 11.0. The van der Waals surface area contributed by atoms with Gasteiger partial charge in [0.15, 0.2) is 11.5 Å². The first-order chi connectivity index (χ1) is 9.10. The van der Waals surface area contributed by atoms with Crippen LogP contribution >= 0.6 is 0 Å². The van der Waals surface area contributed by atoms with E-state index in [1.807, 2.05) is 19.9 Å². The van der Waals surface area contributed by atoms with Gasteiger partial charge in [0.25, 0.3) is 0 Å². The van der Waals surface area contributed by atoms with Gasteiger partial charge in [-0.05, 0) is 25.5 Å². The van der Waals surface area contributed by atoms with E-state index in [1.54, 1.807) is 12.1 Å². The molecule has 1 heterocycles. The lowest BCUT2D eigenvalue weighted by Crippen LogP contribution is -2.06. The molecule has 0 unspecified atom stereocenters. The average molecular weight is 259 g/mol. The van der Waals surface area contributed by atoms with Crippen LogP contribution in [-0.2, 0) is 13.0 Å². The van der Waals surface area contributed by atoms with Gasteiger partial charge in [0.2, 0.25) is 5.95 Å². The molecule has 2 aromatic rings. The fourth-order valence-corrected chi connectivity index (χ4v) is 1.79. The van der Waals surface area contributed by atoms with Crippen molar-refractivity contribution in [3.05, 3.63) is 41.2 Å². The zero-order chi connectivity index (χ0) is 13.8. The fraction of sp³-hybridized carbons (Fsp3) is 0.286. The molecule has 1 aromatic carbocycles. The number of aromatic nitrogens is 2. The number of nitrogens with zero attached hydrogens (tertiary/aromatic N) is 2. The Kier molecular flexibility index (Phi) is 3.85. The third-order valence-electron chi connectivity index (χ3n) is 2.80. The molecular formula is C14H17N3O2. The number of hydrogen-bond acceptors (Lipinski definition) is 5. The Morgan fingerprint density at radius 3 is 2.74 bits per heavy atom. The van der Waals surface area contributed by atoms with E-state index in [4.69, 9.17) is 0 Å². The maximum atomic E-state index is 9.70. The van der Waals surface area contributed by atoms with Gasteiger partial charge < -0.3 is 15.5 Å². The number of nitrogens with one attached hydrogen (secondary N) is 1. The lowest BCUT2D eigenvalue weighted by molar-refractivity contribution is 0.400. The van der Waals surface area contributed by atoms with Crippen LogP contribution in [0.25, 0.3) is 0 Å². The van der Waals surface area contributed by atoms with Gasteiger partial charge in [-0.3, -0.25) is 0 Å². The standard InChI is InChI=1S/C14H17N3O2/c1-3-11-7-9(2)16-14(17-11)15-8-10-5-4-6-12(18)13(10)19/h4-7,18-19H,3,8H2,1-2H3,(H,15,16,17). The number of rotatable bonds is 4. The second-order valence-corrected chi connectivity index (χ2v) is 4.32. The Bertz CT molecular complexity index is 585. The highest BCUT2D eigenvalue weighted by Crippen LogP contribution is 2.28. The molecule has 5 heteroatoms. The van der Waals surface area contributed by atoms with Crippen LogP contribution in [0.4, 0.5) is 5.95 Å². The number of phenolic OH excluding ortho intramolecular Hbond substituents is 2. The van der Waals surface area contributed by atoms with Crippen LogP contribution in [0.5, 0.6) is 11.5 Å². The molecule has 0 saturated carbocycles. The highest BCUT2D eigenvalue weighted by Gasteiger charge is 2.06. The van der Waals surface area contributed by atoms with E-state index in [-0.39, 0.29) is 11.5 Å². The van der Waals surface area contributed by atoms with Crippen LogP contribution < -0.4 is 5.32 Å². The van der Waals surface area contributed by atoms with Gasteiger partial charge in [0.05, 0.1) is 0 Å². The summed E-state index contributed by atoms with van der Waals surface area (Å²) in [6.45, 7) is 4.30. The number of phenols is 2. The maximum Gasteiger partial charge on any atom is 0.223 e. The number of aromatic hydroxyl groups is 2. The minimum atomic E-state index is -0.126. The minimum absolute atomic E-state index is 0.113. The van der Waals surface area contributed by atoms with Crippen molar-refractivity contribution in [3.63, 3.8) is 0 Å². The second-order valence-electron chi connectivity index (χ2n) is 4.32. The number of para-hydroxylation sites is 1. The summed E-state index contributed by atoms with van der Waals surface area (Å²) in [4.78, 5) is 8.64. The molecule has 100 valence electrons. The largest absolute Gasteiger partial charge is 0.504 e. The molecule has 0 fully saturated rings. The molecular weight excluding hydrogens is 242 g/mol. The third kappa shape index (κ3) is 3.13. The normalized spacial score (nSPS) is 10.4. The molecule has 0 aliphatic rings. The Balaban J connectivity index is 2.14. The predicted molar refractivity (Wildman–Crippen MR) is 73.2 cm³/mol. The highest BCUT2D eigenvalue weighted by atomic mass is 16.3. The van der Waals surface area contributed by atoms with Crippen molar-refractivity contribution in [1.29, 1.82) is 0 Å². The zero-order valence-electron chi connectivity index (χ0n) is 11.0. The van der Waals surface area contributed by atoms with Crippen molar-refractivity contribution in [2.75, 3.05) is 5.32 Å². The van der Waals surface area contributed by atoms with Crippen molar-refractivity contribution in [3.8, 4) is 11.5 Å². The van der Waals surface area contributed by atoms with Gasteiger partial charge in [0, 0.05) is 23.5 Å². The van der Waals surface area contributed by atoms with E-state index in [2.05, 4.69) is 15.3 Å². The molecule has 3 N–H and O–H groups in total. The number of anilines is 1. The first-order valence-corrected chi connectivity index (χ1v) is 6.18. The monoisotopic (exact) mass is 259 g/mol. The summed E-state index contributed by atoms with van der Waals surface area (Å²) >= 11 is 0. The smallest absolute Gasteiger partial charge is 0.223 e. The Hall–Kier alpha value is -2.30. The fourth-order valence-electron chi connectivity index (χ4n) is 1.79. The minimum Gasteiger partial charge on any atom is -0.504 e.